The van der Waals surface area contributed by atoms with E-state index in [-0.39, 0.29) is 0 Å². The molecular formula is C17H17N3S. The van der Waals surface area contributed by atoms with Gasteiger partial charge in [-0.25, -0.2) is 9.97 Å². The summed E-state index contributed by atoms with van der Waals surface area (Å²) in [5.74, 6) is 0.821. The number of nitrogens with one attached hydrogen (secondary N) is 1. The third-order valence-corrected chi connectivity index (χ3v) is 4.07. The molecule has 3 aromatic rings. The van der Waals surface area contributed by atoms with Crippen molar-refractivity contribution in [3.63, 3.8) is 0 Å². The Balaban J connectivity index is 1.84. The quantitative estimate of drug-likeness (QED) is 0.748. The molecule has 0 fully saturated rings. The van der Waals surface area contributed by atoms with Gasteiger partial charge in [0.2, 0.25) is 0 Å². The van der Waals surface area contributed by atoms with Crippen molar-refractivity contribution in [2.75, 3.05) is 5.32 Å². The van der Waals surface area contributed by atoms with E-state index in [1.807, 2.05) is 25.3 Å². The molecule has 0 saturated carbocycles. The van der Waals surface area contributed by atoms with E-state index in [0.717, 1.165) is 22.2 Å². The van der Waals surface area contributed by atoms with Crippen LogP contribution in [-0.2, 0) is 0 Å². The van der Waals surface area contributed by atoms with Crippen molar-refractivity contribution in [2.45, 2.75) is 20.8 Å². The third kappa shape index (κ3) is 3.11. The van der Waals surface area contributed by atoms with Gasteiger partial charge < -0.3 is 5.32 Å². The van der Waals surface area contributed by atoms with Crippen molar-refractivity contribution >= 4 is 22.3 Å². The van der Waals surface area contributed by atoms with Gasteiger partial charge in [-0.3, -0.25) is 0 Å². The van der Waals surface area contributed by atoms with E-state index >= 15 is 0 Å². The molecule has 0 aliphatic rings. The molecule has 0 atom stereocenters. The molecule has 0 aliphatic heterocycles. The fourth-order valence-corrected chi connectivity index (χ4v) is 2.92. The van der Waals surface area contributed by atoms with Crippen molar-refractivity contribution in [2.24, 2.45) is 0 Å². The number of pyridine rings is 1. The molecule has 106 valence electrons. The van der Waals surface area contributed by atoms with E-state index in [1.165, 1.54) is 16.7 Å². The van der Waals surface area contributed by atoms with Crippen LogP contribution in [0.4, 0.5) is 10.9 Å². The van der Waals surface area contributed by atoms with Crippen molar-refractivity contribution < 1.29 is 0 Å². The molecule has 2 aromatic heterocycles. The first kappa shape index (κ1) is 13.8. The number of nitrogens with zero attached hydrogens (tertiary/aromatic N) is 2. The Hall–Kier alpha value is -2.20. The molecule has 0 saturated heterocycles. The highest BCUT2D eigenvalue weighted by Crippen LogP contribution is 2.29. The van der Waals surface area contributed by atoms with Gasteiger partial charge in [-0.15, -0.1) is 11.3 Å². The van der Waals surface area contributed by atoms with Crippen LogP contribution in [0.25, 0.3) is 11.3 Å². The van der Waals surface area contributed by atoms with Crippen molar-refractivity contribution in [1.82, 2.24) is 9.97 Å². The highest BCUT2D eigenvalue weighted by atomic mass is 32.1. The summed E-state index contributed by atoms with van der Waals surface area (Å²) in [6, 6.07) is 10.4. The average molecular weight is 295 g/mol. The van der Waals surface area contributed by atoms with Gasteiger partial charge in [0, 0.05) is 17.1 Å². The molecule has 0 amide bonds. The number of benzene rings is 1. The molecule has 0 bridgehead atoms. The number of thiazole rings is 1. The SMILES string of the molecule is Cc1ccc(Nc2nc(-c3ccc(C)cc3C)cs2)nc1. The van der Waals surface area contributed by atoms with Crippen LogP contribution in [0, 0.1) is 20.8 Å². The number of hydrogen-bond donors (Lipinski definition) is 1. The smallest absolute Gasteiger partial charge is 0.188 e. The zero-order valence-electron chi connectivity index (χ0n) is 12.3. The van der Waals surface area contributed by atoms with Gasteiger partial charge in [0.05, 0.1) is 5.69 Å². The number of anilines is 2. The van der Waals surface area contributed by atoms with E-state index in [2.05, 4.69) is 52.7 Å². The van der Waals surface area contributed by atoms with Crippen LogP contribution in [0.15, 0.2) is 41.9 Å². The maximum atomic E-state index is 4.66. The Bertz CT molecular complexity index is 760. The number of rotatable bonds is 3. The van der Waals surface area contributed by atoms with E-state index in [0.29, 0.717) is 0 Å². The van der Waals surface area contributed by atoms with Gasteiger partial charge in [0.25, 0.3) is 0 Å². The number of aryl methyl sites for hydroxylation is 3. The molecule has 4 heteroatoms. The average Bonchev–Trinajstić information content (AvgIpc) is 2.90. The van der Waals surface area contributed by atoms with E-state index < -0.39 is 0 Å². The molecule has 1 aromatic carbocycles. The first-order chi connectivity index (χ1) is 10.1. The molecule has 2 heterocycles. The van der Waals surface area contributed by atoms with Crippen LogP contribution in [0.2, 0.25) is 0 Å². The van der Waals surface area contributed by atoms with Crippen LogP contribution in [0.1, 0.15) is 16.7 Å². The van der Waals surface area contributed by atoms with Crippen molar-refractivity contribution in [1.29, 1.82) is 0 Å². The first-order valence-electron chi connectivity index (χ1n) is 6.84. The fourth-order valence-electron chi connectivity index (χ4n) is 2.21. The second-order valence-corrected chi connectivity index (χ2v) is 6.06. The van der Waals surface area contributed by atoms with E-state index in [4.69, 9.17) is 0 Å². The molecule has 3 nitrogen and oxygen atoms in total. The summed E-state index contributed by atoms with van der Waals surface area (Å²) in [6.07, 6.45) is 1.85. The Morgan fingerprint density at radius 2 is 1.81 bits per heavy atom. The van der Waals surface area contributed by atoms with Gasteiger partial charge >= 0.3 is 0 Å². The highest BCUT2D eigenvalue weighted by molar-refractivity contribution is 7.14. The van der Waals surface area contributed by atoms with Crippen LogP contribution >= 0.6 is 11.3 Å². The number of hydrogen-bond acceptors (Lipinski definition) is 4. The van der Waals surface area contributed by atoms with Crippen molar-refractivity contribution in [3.05, 3.63) is 58.6 Å². The molecular weight excluding hydrogens is 278 g/mol. The topological polar surface area (TPSA) is 37.8 Å². The van der Waals surface area contributed by atoms with Crippen LogP contribution in [0.5, 0.6) is 0 Å². The summed E-state index contributed by atoms with van der Waals surface area (Å²) >= 11 is 1.59. The van der Waals surface area contributed by atoms with Crippen molar-refractivity contribution in [3.8, 4) is 11.3 Å². The van der Waals surface area contributed by atoms with Gasteiger partial charge in [0.1, 0.15) is 5.82 Å². The number of aromatic nitrogens is 2. The van der Waals surface area contributed by atoms with Crippen LogP contribution in [-0.4, -0.2) is 9.97 Å². The summed E-state index contributed by atoms with van der Waals surface area (Å²) < 4.78 is 0. The monoisotopic (exact) mass is 295 g/mol. The minimum Gasteiger partial charge on any atom is -0.316 e. The lowest BCUT2D eigenvalue weighted by Crippen LogP contribution is -1.93. The summed E-state index contributed by atoms with van der Waals surface area (Å²) in [5.41, 5.74) is 5.86. The van der Waals surface area contributed by atoms with Gasteiger partial charge in [-0.2, -0.15) is 0 Å². The molecule has 3 rings (SSSR count). The predicted molar refractivity (Wildman–Crippen MR) is 89.3 cm³/mol. The standard InChI is InChI=1S/C17H17N3S/c1-11-4-6-14(13(3)8-11)15-10-21-17(19-15)20-16-7-5-12(2)9-18-16/h4-10H,1-3H3,(H,18,19,20). The summed E-state index contributed by atoms with van der Waals surface area (Å²) in [5, 5.41) is 6.19. The Kier molecular flexibility index (Phi) is 3.71. The van der Waals surface area contributed by atoms with Crippen LogP contribution < -0.4 is 5.32 Å². The lowest BCUT2D eigenvalue weighted by molar-refractivity contribution is 1.25. The Morgan fingerprint density at radius 3 is 2.52 bits per heavy atom. The molecule has 21 heavy (non-hydrogen) atoms. The summed E-state index contributed by atoms with van der Waals surface area (Å²) in [4.78, 5) is 9.00. The minimum atomic E-state index is 0.821. The van der Waals surface area contributed by atoms with Gasteiger partial charge in [-0.05, 0) is 38.0 Å². The molecule has 0 aliphatic carbocycles. The first-order valence-corrected chi connectivity index (χ1v) is 7.72. The lowest BCUT2D eigenvalue weighted by atomic mass is 10.0. The van der Waals surface area contributed by atoms with E-state index in [9.17, 15) is 0 Å². The second kappa shape index (κ2) is 5.66. The van der Waals surface area contributed by atoms with Gasteiger partial charge in [0.15, 0.2) is 5.13 Å². The second-order valence-electron chi connectivity index (χ2n) is 5.20. The summed E-state index contributed by atoms with van der Waals surface area (Å²) in [6.45, 7) is 6.25. The normalized spacial score (nSPS) is 10.6. The molecule has 0 radical (unpaired) electrons. The molecule has 0 spiro atoms. The summed E-state index contributed by atoms with van der Waals surface area (Å²) in [7, 11) is 0. The largest absolute Gasteiger partial charge is 0.316 e. The predicted octanol–water partition coefficient (Wildman–Crippen LogP) is 4.87. The zero-order chi connectivity index (χ0) is 14.8. The zero-order valence-corrected chi connectivity index (χ0v) is 13.2. The third-order valence-electron chi connectivity index (χ3n) is 3.31. The fraction of sp³-hybridized carbons (Fsp3) is 0.176. The Morgan fingerprint density at radius 1 is 1.00 bits per heavy atom. The van der Waals surface area contributed by atoms with E-state index in [1.54, 1.807) is 11.3 Å². The minimum absolute atomic E-state index is 0.821. The maximum Gasteiger partial charge on any atom is 0.188 e. The van der Waals surface area contributed by atoms with Gasteiger partial charge in [-0.1, -0.05) is 29.8 Å². The molecule has 0 unspecified atom stereocenters. The highest BCUT2D eigenvalue weighted by Gasteiger charge is 2.07. The lowest BCUT2D eigenvalue weighted by Gasteiger charge is -2.04. The molecule has 1 N–H and O–H groups in total. The Labute approximate surface area is 128 Å². The van der Waals surface area contributed by atoms with Crippen LogP contribution in [0.3, 0.4) is 0 Å². The maximum absolute atomic E-state index is 4.66.